The highest BCUT2D eigenvalue weighted by atomic mass is 35.5. The van der Waals surface area contributed by atoms with E-state index in [2.05, 4.69) is 15.6 Å². The molecule has 0 aliphatic carbocycles. The molecule has 2 aromatic rings. The average Bonchev–Trinajstić information content (AvgIpc) is 3.03. The molecular formula is C16H17ClF3N3OS. The van der Waals surface area contributed by atoms with Crippen molar-refractivity contribution in [3.63, 3.8) is 0 Å². The van der Waals surface area contributed by atoms with E-state index in [0.717, 1.165) is 36.8 Å². The number of thiazole rings is 1. The Bertz CT molecular complexity index is 729. The number of hydrogen-bond donors (Lipinski definition) is 2. The maximum Gasteiger partial charge on any atom is 0.417 e. The smallest absolute Gasteiger partial charge is 0.316 e. The van der Waals surface area contributed by atoms with Crippen molar-refractivity contribution in [2.24, 2.45) is 5.92 Å². The van der Waals surface area contributed by atoms with Crippen molar-refractivity contribution in [2.75, 3.05) is 18.4 Å². The molecule has 1 saturated heterocycles. The van der Waals surface area contributed by atoms with E-state index in [-0.39, 0.29) is 35.5 Å². The molecule has 1 aliphatic heterocycles. The van der Waals surface area contributed by atoms with Gasteiger partial charge < -0.3 is 10.6 Å². The van der Waals surface area contributed by atoms with Crippen LogP contribution in [0, 0.1) is 5.92 Å². The quantitative estimate of drug-likeness (QED) is 0.824. The van der Waals surface area contributed by atoms with Gasteiger partial charge in [0.25, 0.3) is 0 Å². The number of amides is 1. The van der Waals surface area contributed by atoms with Crippen LogP contribution in [0.4, 0.5) is 18.3 Å². The monoisotopic (exact) mass is 391 g/mol. The molecule has 1 aromatic heterocycles. The van der Waals surface area contributed by atoms with E-state index < -0.39 is 11.7 Å². The maximum absolute atomic E-state index is 13.1. The van der Waals surface area contributed by atoms with Crippen LogP contribution < -0.4 is 10.6 Å². The van der Waals surface area contributed by atoms with Gasteiger partial charge in [0.1, 0.15) is 0 Å². The van der Waals surface area contributed by atoms with Gasteiger partial charge in [-0.3, -0.25) is 4.79 Å². The van der Waals surface area contributed by atoms with Gasteiger partial charge in [0.2, 0.25) is 5.91 Å². The second kappa shape index (κ2) is 8.16. The van der Waals surface area contributed by atoms with Gasteiger partial charge in [0.05, 0.1) is 17.2 Å². The third-order valence-corrected chi connectivity index (χ3v) is 4.67. The van der Waals surface area contributed by atoms with Crippen LogP contribution in [0.25, 0.3) is 11.3 Å². The van der Waals surface area contributed by atoms with Crippen molar-refractivity contribution in [1.29, 1.82) is 0 Å². The fourth-order valence-corrected chi connectivity index (χ4v) is 3.41. The van der Waals surface area contributed by atoms with Gasteiger partial charge in [-0.1, -0.05) is 18.2 Å². The Labute approximate surface area is 153 Å². The highest BCUT2D eigenvalue weighted by Crippen LogP contribution is 2.37. The second-order valence-corrected chi connectivity index (χ2v) is 6.47. The van der Waals surface area contributed by atoms with Crippen LogP contribution in [0.15, 0.2) is 29.6 Å². The normalized spacial score (nSPS) is 17.6. The number of alkyl halides is 3. The molecule has 9 heteroatoms. The zero-order valence-corrected chi connectivity index (χ0v) is 14.7. The Hall–Kier alpha value is -1.64. The number of piperidine rings is 1. The highest BCUT2D eigenvalue weighted by molar-refractivity contribution is 7.14. The van der Waals surface area contributed by atoms with Crippen LogP contribution in [0.3, 0.4) is 0 Å². The van der Waals surface area contributed by atoms with Gasteiger partial charge in [0, 0.05) is 17.5 Å². The molecule has 0 spiro atoms. The number of benzene rings is 1. The lowest BCUT2D eigenvalue weighted by Crippen LogP contribution is -2.37. The Morgan fingerprint density at radius 3 is 2.76 bits per heavy atom. The van der Waals surface area contributed by atoms with E-state index >= 15 is 0 Å². The second-order valence-electron chi connectivity index (χ2n) is 5.61. The molecule has 0 bridgehead atoms. The topological polar surface area (TPSA) is 54.0 Å². The molecule has 136 valence electrons. The van der Waals surface area contributed by atoms with Gasteiger partial charge in [-0.2, -0.15) is 13.2 Å². The number of carbonyl (C=O) groups is 1. The first-order chi connectivity index (χ1) is 11.4. The first-order valence-corrected chi connectivity index (χ1v) is 8.47. The van der Waals surface area contributed by atoms with Crippen LogP contribution in [-0.4, -0.2) is 24.0 Å². The lowest BCUT2D eigenvalue weighted by atomic mass is 9.99. The van der Waals surface area contributed by atoms with Crippen molar-refractivity contribution in [1.82, 2.24) is 10.3 Å². The van der Waals surface area contributed by atoms with E-state index in [4.69, 9.17) is 0 Å². The molecule has 4 nitrogen and oxygen atoms in total. The number of halogens is 4. The fourth-order valence-electron chi connectivity index (χ4n) is 2.69. The number of nitrogens with one attached hydrogen (secondary N) is 2. The van der Waals surface area contributed by atoms with Crippen molar-refractivity contribution >= 4 is 34.8 Å². The zero-order chi connectivity index (χ0) is 17.2. The van der Waals surface area contributed by atoms with Crippen molar-refractivity contribution in [2.45, 2.75) is 19.0 Å². The molecule has 0 radical (unpaired) electrons. The van der Waals surface area contributed by atoms with Crippen LogP contribution >= 0.6 is 23.7 Å². The van der Waals surface area contributed by atoms with Crippen LogP contribution in [-0.2, 0) is 11.0 Å². The number of rotatable bonds is 3. The van der Waals surface area contributed by atoms with Gasteiger partial charge in [-0.05, 0) is 25.5 Å². The van der Waals surface area contributed by atoms with E-state index in [1.165, 1.54) is 23.6 Å². The summed E-state index contributed by atoms with van der Waals surface area (Å²) in [6.07, 6.45) is -2.72. The zero-order valence-electron chi connectivity index (χ0n) is 13.1. The van der Waals surface area contributed by atoms with Crippen LogP contribution in [0.1, 0.15) is 18.4 Å². The standard InChI is InChI=1S/C16H16F3N3OS.ClH/c17-16(18,19)12-6-2-1-5-11(12)13-9-24-15(21-13)22-14(23)10-4-3-7-20-8-10;/h1-2,5-6,9-10,20H,3-4,7-8H2,(H,21,22,23);1H. The summed E-state index contributed by atoms with van der Waals surface area (Å²) in [6.45, 7) is 1.51. The molecule has 1 fully saturated rings. The highest BCUT2D eigenvalue weighted by Gasteiger charge is 2.34. The summed E-state index contributed by atoms with van der Waals surface area (Å²) in [5.74, 6) is -0.277. The first kappa shape index (κ1) is 19.7. The minimum absolute atomic E-state index is 0. The number of carbonyl (C=O) groups excluding carboxylic acids is 1. The first-order valence-electron chi connectivity index (χ1n) is 7.59. The van der Waals surface area contributed by atoms with Crippen LogP contribution in [0.5, 0.6) is 0 Å². The maximum atomic E-state index is 13.1. The third-order valence-electron chi connectivity index (χ3n) is 3.91. The van der Waals surface area contributed by atoms with E-state index in [1.807, 2.05) is 0 Å². The Morgan fingerprint density at radius 2 is 2.08 bits per heavy atom. The Kier molecular flexibility index (Phi) is 6.42. The number of nitrogens with zero attached hydrogens (tertiary/aromatic N) is 1. The molecule has 0 saturated carbocycles. The minimum atomic E-state index is -4.45. The lowest BCUT2D eigenvalue weighted by Gasteiger charge is -2.21. The molecule has 1 atom stereocenters. The number of anilines is 1. The molecule has 3 rings (SSSR count). The molecule has 2 N–H and O–H groups in total. The Morgan fingerprint density at radius 1 is 1.32 bits per heavy atom. The average molecular weight is 392 g/mol. The minimum Gasteiger partial charge on any atom is -0.316 e. The summed E-state index contributed by atoms with van der Waals surface area (Å²) in [6, 6.07) is 5.29. The largest absolute Gasteiger partial charge is 0.417 e. The predicted molar refractivity (Wildman–Crippen MR) is 94.0 cm³/mol. The lowest BCUT2D eigenvalue weighted by molar-refractivity contribution is -0.137. The molecule has 1 aromatic carbocycles. The fraction of sp³-hybridized carbons (Fsp3) is 0.375. The Balaban J connectivity index is 0.00000225. The van der Waals surface area contributed by atoms with Gasteiger partial charge in [0.15, 0.2) is 5.13 Å². The summed E-state index contributed by atoms with van der Waals surface area (Å²) < 4.78 is 39.3. The SMILES string of the molecule is Cl.O=C(Nc1nc(-c2ccccc2C(F)(F)F)cs1)C1CCCNC1. The van der Waals surface area contributed by atoms with E-state index in [0.29, 0.717) is 11.7 Å². The van der Waals surface area contributed by atoms with Gasteiger partial charge in [-0.15, -0.1) is 23.7 Å². The molecule has 1 aliphatic rings. The summed E-state index contributed by atoms with van der Waals surface area (Å²) >= 11 is 1.13. The third kappa shape index (κ3) is 4.71. The summed E-state index contributed by atoms with van der Waals surface area (Å²) in [7, 11) is 0. The van der Waals surface area contributed by atoms with Crippen LogP contribution in [0.2, 0.25) is 0 Å². The summed E-state index contributed by atoms with van der Waals surface area (Å²) in [5, 5.41) is 7.71. The predicted octanol–water partition coefficient (Wildman–Crippen LogP) is 4.19. The summed E-state index contributed by atoms with van der Waals surface area (Å²) in [5.41, 5.74) is -0.504. The van der Waals surface area contributed by atoms with Crippen molar-refractivity contribution < 1.29 is 18.0 Å². The number of aromatic nitrogens is 1. The number of hydrogen-bond acceptors (Lipinski definition) is 4. The molecule has 2 heterocycles. The van der Waals surface area contributed by atoms with E-state index in [1.54, 1.807) is 0 Å². The molecule has 25 heavy (non-hydrogen) atoms. The summed E-state index contributed by atoms with van der Waals surface area (Å²) in [4.78, 5) is 16.3. The molecular weight excluding hydrogens is 375 g/mol. The van der Waals surface area contributed by atoms with Crippen molar-refractivity contribution in [3.8, 4) is 11.3 Å². The van der Waals surface area contributed by atoms with Gasteiger partial charge >= 0.3 is 6.18 Å². The molecule has 1 amide bonds. The molecule has 1 unspecified atom stereocenters. The van der Waals surface area contributed by atoms with Gasteiger partial charge in [-0.25, -0.2) is 4.98 Å². The van der Waals surface area contributed by atoms with Crippen molar-refractivity contribution in [3.05, 3.63) is 35.2 Å². The van der Waals surface area contributed by atoms with E-state index in [9.17, 15) is 18.0 Å².